The van der Waals surface area contributed by atoms with Crippen LogP contribution in [0.2, 0.25) is 19.6 Å². The molecule has 0 bridgehead atoms. The van der Waals surface area contributed by atoms with Crippen molar-refractivity contribution in [3.8, 4) is 11.5 Å². The Hall–Kier alpha value is -1.35. The van der Waals surface area contributed by atoms with Crippen LogP contribution in [0.5, 0.6) is 0 Å². The number of aryl methyl sites for hydroxylation is 1. The molecule has 0 radical (unpaired) electrons. The minimum atomic E-state index is -3.54. The van der Waals surface area contributed by atoms with Gasteiger partial charge in [-0.25, -0.2) is 8.42 Å². The SMILES string of the molecule is Cc1ccc(S(=O)(=O)N(CC#C[Si](C)(C)C)C/C=C/C2[C@H]3CCCC[C@@H]23)cc1. The fourth-order valence-corrected chi connectivity index (χ4v) is 6.07. The van der Waals surface area contributed by atoms with Gasteiger partial charge in [-0.2, -0.15) is 4.31 Å². The zero-order chi connectivity index (χ0) is 20.4. The van der Waals surface area contributed by atoms with Crippen LogP contribution in [-0.4, -0.2) is 33.9 Å². The van der Waals surface area contributed by atoms with Crippen molar-refractivity contribution in [2.45, 2.75) is 57.1 Å². The zero-order valence-electron chi connectivity index (χ0n) is 17.6. The second-order valence-electron chi connectivity index (χ2n) is 9.28. The van der Waals surface area contributed by atoms with Crippen LogP contribution < -0.4 is 0 Å². The fourth-order valence-electron chi connectivity index (χ4n) is 4.17. The van der Waals surface area contributed by atoms with Crippen LogP contribution >= 0.6 is 0 Å². The number of hydrogen-bond donors (Lipinski definition) is 0. The molecule has 28 heavy (non-hydrogen) atoms. The average Bonchev–Trinajstić information content (AvgIpc) is 3.33. The molecule has 2 saturated carbocycles. The van der Waals surface area contributed by atoms with E-state index in [9.17, 15) is 8.42 Å². The van der Waals surface area contributed by atoms with Crippen molar-refractivity contribution in [1.82, 2.24) is 4.31 Å². The summed E-state index contributed by atoms with van der Waals surface area (Å²) in [6.45, 7) is 9.13. The van der Waals surface area contributed by atoms with Crippen molar-refractivity contribution in [1.29, 1.82) is 0 Å². The van der Waals surface area contributed by atoms with Crippen LogP contribution in [0.1, 0.15) is 31.2 Å². The molecular weight excluding hydrogens is 382 g/mol. The Morgan fingerprint density at radius 3 is 2.29 bits per heavy atom. The Kier molecular flexibility index (Phi) is 6.53. The van der Waals surface area contributed by atoms with Gasteiger partial charge < -0.3 is 0 Å². The van der Waals surface area contributed by atoms with Crippen molar-refractivity contribution in [3.05, 3.63) is 42.0 Å². The molecule has 0 saturated heterocycles. The van der Waals surface area contributed by atoms with Gasteiger partial charge in [0.15, 0.2) is 0 Å². The van der Waals surface area contributed by atoms with E-state index in [0.29, 0.717) is 17.4 Å². The van der Waals surface area contributed by atoms with Gasteiger partial charge in [-0.05, 0) is 49.7 Å². The summed E-state index contributed by atoms with van der Waals surface area (Å²) < 4.78 is 27.9. The molecule has 1 aromatic rings. The van der Waals surface area contributed by atoms with Crippen LogP contribution in [0.4, 0.5) is 0 Å². The summed E-state index contributed by atoms with van der Waals surface area (Å²) in [4.78, 5) is 0.349. The number of benzene rings is 1. The first-order chi connectivity index (χ1) is 13.2. The molecule has 1 aromatic carbocycles. The minimum Gasteiger partial charge on any atom is -0.207 e. The van der Waals surface area contributed by atoms with E-state index in [-0.39, 0.29) is 6.54 Å². The number of rotatable bonds is 6. The Balaban J connectivity index is 1.74. The van der Waals surface area contributed by atoms with E-state index in [4.69, 9.17) is 0 Å². The van der Waals surface area contributed by atoms with Gasteiger partial charge in [0.05, 0.1) is 11.4 Å². The summed E-state index contributed by atoms with van der Waals surface area (Å²) in [6, 6.07) is 7.10. The van der Waals surface area contributed by atoms with Gasteiger partial charge in [-0.15, -0.1) is 5.54 Å². The van der Waals surface area contributed by atoms with E-state index < -0.39 is 18.1 Å². The lowest BCUT2D eigenvalue weighted by Crippen LogP contribution is -2.32. The van der Waals surface area contributed by atoms with E-state index in [0.717, 1.165) is 17.4 Å². The van der Waals surface area contributed by atoms with Gasteiger partial charge >= 0.3 is 0 Å². The molecule has 152 valence electrons. The highest BCUT2D eigenvalue weighted by Gasteiger charge is 2.48. The smallest absolute Gasteiger partial charge is 0.207 e. The van der Waals surface area contributed by atoms with Crippen molar-refractivity contribution >= 4 is 18.1 Å². The van der Waals surface area contributed by atoms with Crippen LogP contribution in [0, 0.1) is 36.1 Å². The Labute approximate surface area is 172 Å². The quantitative estimate of drug-likeness (QED) is 0.378. The molecule has 2 aliphatic carbocycles. The van der Waals surface area contributed by atoms with Crippen LogP contribution in [0.3, 0.4) is 0 Å². The summed E-state index contributed by atoms with van der Waals surface area (Å²) in [7, 11) is -5.07. The predicted octanol–water partition coefficient (Wildman–Crippen LogP) is 4.86. The Morgan fingerprint density at radius 1 is 1.11 bits per heavy atom. The first kappa shape index (κ1) is 21.4. The van der Waals surface area contributed by atoms with E-state index >= 15 is 0 Å². The molecule has 3 rings (SSSR count). The van der Waals surface area contributed by atoms with Crippen molar-refractivity contribution in [2.24, 2.45) is 17.8 Å². The zero-order valence-corrected chi connectivity index (χ0v) is 19.4. The second-order valence-corrected chi connectivity index (χ2v) is 16.0. The van der Waals surface area contributed by atoms with E-state index in [2.05, 4.69) is 43.3 Å². The highest BCUT2D eigenvalue weighted by atomic mass is 32.2. The Morgan fingerprint density at radius 2 is 1.71 bits per heavy atom. The number of sulfonamides is 1. The van der Waals surface area contributed by atoms with Gasteiger partial charge in [0, 0.05) is 6.54 Å². The number of allylic oxidation sites excluding steroid dienone is 1. The molecule has 0 N–H and O–H groups in total. The second kappa shape index (κ2) is 8.57. The monoisotopic (exact) mass is 415 g/mol. The largest absolute Gasteiger partial charge is 0.244 e. The topological polar surface area (TPSA) is 37.4 Å². The molecule has 2 fully saturated rings. The third-order valence-electron chi connectivity index (χ3n) is 5.77. The van der Waals surface area contributed by atoms with E-state index in [1.54, 1.807) is 12.1 Å². The number of fused-ring (bicyclic) bond motifs is 1. The first-order valence-corrected chi connectivity index (χ1v) is 15.4. The molecule has 3 atom stereocenters. The lowest BCUT2D eigenvalue weighted by Gasteiger charge is -2.19. The normalized spacial score (nSPS) is 24.7. The van der Waals surface area contributed by atoms with E-state index in [1.165, 1.54) is 30.0 Å². The van der Waals surface area contributed by atoms with Gasteiger partial charge in [-0.1, -0.05) is 68.3 Å². The minimum absolute atomic E-state index is 0.252. The maximum atomic E-state index is 13.2. The van der Waals surface area contributed by atoms with Gasteiger partial charge in [0.25, 0.3) is 0 Å². The van der Waals surface area contributed by atoms with Crippen molar-refractivity contribution in [3.63, 3.8) is 0 Å². The molecule has 0 heterocycles. The molecular formula is C23H33NO2SSi. The molecule has 0 aliphatic heterocycles. The molecule has 3 nitrogen and oxygen atoms in total. The lowest BCUT2D eigenvalue weighted by atomic mass is 10.0. The highest BCUT2D eigenvalue weighted by molar-refractivity contribution is 7.89. The summed E-state index contributed by atoms with van der Waals surface area (Å²) >= 11 is 0. The third-order valence-corrected chi connectivity index (χ3v) is 8.52. The van der Waals surface area contributed by atoms with Crippen LogP contribution in [0.15, 0.2) is 41.3 Å². The summed E-state index contributed by atoms with van der Waals surface area (Å²) in [5, 5.41) is 0. The average molecular weight is 416 g/mol. The van der Waals surface area contributed by atoms with Crippen molar-refractivity contribution < 1.29 is 8.42 Å². The standard InChI is InChI=1S/C23H33NO2SSi/c1-19-12-14-20(15-13-19)27(25,26)24(17-8-18-28(2,3)4)16-7-11-23-21-9-5-6-10-22(21)23/h7,11-15,21-23H,5-6,9-10,16-17H2,1-4H3/b11-7+/t21-,22+,23?. The molecule has 0 aromatic heterocycles. The summed E-state index contributed by atoms with van der Waals surface area (Å²) in [5.41, 5.74) is 4.35. The molecule has 0 spiro atoms. The Bertz CT molecular complexity index is 860. The maximum Gasteiger partial charge on any atom is 0.244 e. The van der Waals surface area contributed by atoms with Crippen LogP contribution in [-0.2, 0) is 10.0 Å². The molecule has 1 unspecified atom stereocenters. The summed E-state index contributed by atoms with van der Waals surface area (Å²) in [6.07, 6.45) is 9.71. The fraction of sp³-hybridized carbons (Fsp3) is 0.565. The number of hydrogen-bond acceptors (Lipinski definition) is 2. The molecule has 5 heteroatoms. The summed E-state index contributed by atoms with van der Waals surface area (Å²) in [5.74, 6) is 5.50. The third kappa shape index (κ3) is 5.37. The van der Waals surface area contributed by atoms with Crippen LogP contribution in [0.25, 0.3) is 0 Å². The van der Waals surface area contributed by atoms with Gasteiger partial charge in [-0.3, -0.25) is 0 Å². The lowest BCUT2D eigenvalue weighted by molar-refractivity contribution is 0.477. The van der Waals surface area contributed by atoms with Crippen molar-refractivity contribution in [2.75, 3.05) is 13.1 Å². The highest BCUT2D eigenvalue weighted by Crippen LogP contribution is 2.56. The number of nitrogens with zero attached hydrogens (tertiary/aromatic N) is 1. The van der Waals surface area contributed by atoms with Gasteiger partial charge in [0.1, 0.15) is 8.07 Å². The molecule has 2 aliphatic rings. The first-order valence-electron chi connectivity index (χ1n) is 10.4. The predicted molar refractivity (Wildman–Crippen MR) is 119 cm³/mol. The molecule has 0 amide bonds. The van der Waals surface area contributed by atoms with Gasteiger partial charge in [0.2, 0.25) is 10.0 Å². The maximum absolute atomic E-state index is 13.2. The van der Waals surface area contributed by atoms with E-state index in [1.807, 2.05) is 19.1 Å².